The number of thiazole rings is 1. The second-order valence-corrected chi connectivity index (χ2v) is 7.38. The van der Waals surface area contributed by atoms with Crippen LogP contribution in [-0.2, 0) is 4.74 Å². The molecule has 24 heavy (non-hydrogen) atoms. The van der Waals surface area contributed by atoms with E-state index in [9.17, 15) is 0 Å². The smallest absolute Gasteiger partial charge is 0.124 e. The van der Waals surface area contributed by atoms with E-state index in [0.29, 0.717) is 0 Å². The summed E-state index contributed by atoms with van der Waals surface area (Å²) in [5, 5.41) is 3.15. The van der Waals surface area contributed by atoms with E-state index in [4.69, 9.17) is 9.72 Å². The third-order valence-electron chi connectivity index (χ3n) is 4.03. The van der Waals surface area contributed by atoms with E-state index in [2.05, 4.69) is 56.5 Å². The van der Waals surface area contributed by atoms with Crippen molar-refractivity contribution in [2.75, 3.05) is 31.2 Å². The van der Waals surface area contributed by atoms with Crippen LogP contribution in [-0.4, -0.2) is 31.3 Å². The van der Waals surface area contributed by atoms with Crippen molar-refractivity contribution in [1.29, 1.82) is 0 Å². The Morgan fingerprint density at radius 1 is 1.08 bits per heavy atom. The highest BCUT2D eigenvalue weighted by atomic mass is 79.9. The Morgan fingerprint density at radius 2 is 1.88 bits per heavy atom. The maximum absolute atomic E-state index is 5.43. The third kappa shape index (κ3) is 3.38. The predicted octanol–water partition coefficient (Wildman–Crippen LogP) is 4.88. The molecule has 0 amide bonds. The minimum absolute atomic E-state index is 0.781. The number of hydrogen-bond acceptors (Lipinski definition) is 4. The highest BCUT2D eigenvalue weighted by molar-refractivity contribution is 9.10. The van der Waals surface area contributed by atoms with Gasteiger partial charge in [0.25, 0.3) is 0 Å². The largest absolute Gasteiger partial charge is 0.378 e. The zero-order valence-electron chi connectivity index (χ0n) is 13.0. The van der Waals surface area contributed by atoms with Gasteiger partial charge in [0.15, 0.2) is 0 Å². The summed E-state index contributed by atoms with van der Waals surface area (Å²) in [4.78, 5) is 7.13. The number of morpholine rings is 1. The van der Waals surface area contributed by atoms with Gasteiger partial charge in [-0.25, -0.2) is 4.98 Å². The first-order valence-electron chi connectivity index (χ1n) is 7.86. The van der Waals surface area contributed by atoms with Crippen LogP contribution in [0.15, 0.2) is 52.3 Å². The molecule has 0 spiro atoms. The van der Waals surface area contributed by atoms with E-state index in [1.165, 1.54) is 0 Å². The van der Waals surface area contributed by atoms with Gasteiger partial charge in [-0.1, -0.05) is 40.2 Å². The lowest BCUT2D eigenvalue weighted by Gasteiger charge is -2.28. The van der Waals surface area contributed by atoms with Crippen LogP contribution < -0.4 is 4.90 Å². The summed E-state index contributed by atoms with van der Waals surface area (Å²) < 4.78 is 6.51. The van der Waals surface area contributed by atoms with Crippen molar-refractivity contribution >= 4 is 33.0 Å². The molecule has 1 fully saturated rings. The van der Waals surface area contributed by atoms with E-state index in [1.807, 2.05) is 18.2 Å². The highest BCUT2D eigenvalue weighted by Crippen LogP contribution is 2.31. The second kappa shape index (κ2) is 7.05. The first kappa shape index (κ1) is 15.8. The maximum atomic E-state index is 5.43. The van der Waals surface area contributed by atoms with E-state index in [0.717, 1.165) is 58.3 Å². The topological polar surface area (TPSA) is 25.4 Å². The molecule has 1 aliphatic heterocycles. The molecule has 2 heterocycles. The average Bonchev–Trinajstić information content (AvgIpc) is 3.13. The van der Waals surface area contributed by atoms with Crippen LogP contribution in [0.4, 0.5) is 5.69 Å². The van der Waals surface area contributed by atoms with Gasteiger partial charge in [0.1, 0.15) is 5.01 Å². The van der Waals surface area contributed by atoms with Crippen LogP contribution in [0.2, 0.25) is 0 Å². The summed E-state index contributed by atoms with van der Waals surface area (Å²) in [5.74, 6) is 0. The number of aromatic nitrogens is 1. The van der Waals surface area contributed by atoms with Gasteiger partial charge in [0.2, 0.25) is 0 Å². The molecule has 5 heteroatoms. The molecule has 1 aliphatic rings. The average molecular weight is 400 g/mol. The fraction of sp³-hybridized carbons (Fsp3) is 0.211. The van der Waals surface area contributed by atoms with E-state index in [1.54, 1.807) is 11.3 Å². The van der Waals surface area contributed by atoms with Crippen molar-refractivity contribution in [3.8, 4) is 21.8 Å². The van der Waals surface area contributed by atoms with E-state index < -0.39 is 0 Å². The van der Waals surface area contributed by atoms with Crippen molar-refractivity contribution in [2.24, 2.45) is 0 Å². The minimum Gasteiger partial charge on any atom is -0.378 e. The molecule has 2 aromatic carbocycles. The Kier molecular flexibility index (Phi) is 4.65. The predicted molar refractivity (Wildman–Crippen MR) is 103 cm³/mol. The molecule has 1 saturated heterocycles. The maximum Gasteiger partial charge on any atom is 0.124 e. The third-order valence-corrected chi connectivity index (χ3v) is 5.45. The van der Waals surface area contributed by atoms with E-state index in [-0.39, 0.29) is 0 Å². The van der Waals surface area contributed by atoms with Crippen molar-refractivity contribution in [3.63, 3.8) is 0 Å². The van der Waals surface area contributed by atoms with Gasteiger partial charge < -0.3 is 9.64 Å². The summed E-state index contributed by atoms with van der Waals surface area (Å²) in [5.41, 5.74) is 4.42. The van der Waals surface area contributed by atoms with E-state index >= 15 is 0 Å². The number of anilines is 1. The molecule has 0 N–H and O–H groups in total. The monoisotopic (exact) mass is 399 g/mol. The summed E-state index contributed by atoms with van der Waals surface area (Å²) in [7, 11) is 0. The lowest BCUT2D eigenvalue weighted by Crippen LogP contribution is -2.36. The molecule has 1 aromatic heterocycles. The molecule has 0 atom stereocenters. The molecule has 0 bridgehead atoms. The highest BCUT2D eigenvalue weighted by Gasteiger charge is 2.13. The number of nitrogens with zero attached hydrogens (tertiary/aromatic N) is 2. The molecule has 1 radical (unpaired) electrons. The lowest BCUT2D eigenvalue weighted by molar-refractivity contribution is 0.122. The first-order valence-corrected chi connectivity index (χ1v) is 9.53. The zero-order chi connectivity index (χ0) is 16.4. The van der Waals surface area contributed by atoms with Gasteiger partial charge in [-0.3, -0.25) is 0 Å². The van der Waals surface area contributed by atoms with Gasteiger partial charge in [0, 0.05) is 45.8 Å². The van der Waals surface area contributed by atoms with Crippen molar-refractivity contribution in [3.05, 3.63) is 58.4 Å². The molecule has 121 valence electrons. The number of rotatable bonds is 3. The van der Waals surface area contributed by atoms with Crippen LogP contribution in [0, 0.1) is 6.07 Å². The molecule has 3 nitrogen and oxygen atoms in total. The normalized spacial score (nSPS) is 14.8. The fourth-order valence-electron chi connectivity index (χ4n) is 2.73. The van der Waals surface area contributed by atoms with Crippen molar-refractivity contribution in [1.82, 2.24) is 4.98 Å². The second-order valence-electron chi connectivity index (χ2n) is 5.61. The first-order chi connectivity index (χ1) is 11.8. The molecule has 0 aliphatic carbocycles. The Labute approximate surface area is 154 Å². The lowest BCUT2D eigenvalue weighted by atomic mass is 10.1. The quantitative estimate of drug-likeness (QED) is 0.627. The number of hydrogen-bond donors (Lipinski definition) is 0. The van der Waals surface area contributed by atoms with Crippen LogP contribution in [0.5, 0.6) is 0 Å². The molecule has 0 unspecified atom stereocenters. The molecule has 3 aromatic rings. The number of benzene rings is 2. The van der Waals surface area contributed by atoms with Gasteiger partial charge in [-0.05, 0) is 18.2 Å². The van der Waals surface area contributed by atoms with Crippen LogP contribution >= 0.6 is 27.3 Å². The Balaban J connectivity index is 1.61. The van der Waals surface area contributed by atoms with Crippen molar-refractivity contribution in [2.45, 2.75) is 0 Å². The van der Waals surface area contributed by atoms with Gasteiger partial charge in [-0.15, -0.1) is 11.3 Å². The molecular formula is C19H16BrN2OS. The molecule has 0 saturated carbocycles. The van der Waals surface area contributed by atoms with Gasteiger partial charge in [-0.2, -0.15) is 0 Å². The number of halogens is 1. The van der Waals surface area contributed by atoms with Crippen LogP contribution in [0.3, 0.4) is 0 Å². The number of ether oxygens (including phenoxy) is 1. The fourth-order valence-corrected chi connectivity index (χ4v) is 3.82. The SMILES string of the molecule is Brc1ccc(-c2csc(-c3cc[c]c(N4CCOCC4)c3)n2)cc1. The van der Waals surface area contributed by atoms with Crippen molar-refractivity contribution < 1.29 is 4.74 Å². The summed E-state index contributed by atoms with van der Waals surface area (Å²) >= 11 is 5.15. The zero-order valence-corrected chi connectivity index (χ0v) is 15.4. The summed E-state index contributed by atoms with van der Waals surface area (Å²) in [6, 6.07) is 17.8. The van der Waals surface area contributed by atoms with Crippen LogP contribution in [0.1, 0.15) is 0 Å². The Hall–Kier alpha value is -1.69. The Morgan fingerprint density at radius 3 is 2.67 bits per heavy atom. The molecular weight excluding hydrogens is 384 g/mol. The minimum atomic E-state index is 0.781. The molecule has 4 rings (SSSR count). The summed E-state index contributed by atoms with van der Waals surface area (Å²) in [6.45, 7) is 3.40. The van der Waals surface area contributed by atoms with Gasteiger partial charge in [0.05, 0.1) is 18.9 Å². The van der Waals surface area contributed by atoms with Gasteiger partial charge >= 0.3 is 0 Å². The van der Waals surface area contributed by atoms with Crippen LogP contribution in [0.25, 0.3) is 21.8 Å². The Bertz CT molecular complexity index is 825. The standard InChI is InChI=1S/C19H16BrN2OS/c20-16-6-4-14(5-7-16)18-13-24-19(21-18)15-2-1-3-17(12-15)22-8-10-23-11-9-22/h1-2,4-7,12-13H,8-11H2. The summed E-state index contributed by atoms with van der Waals surface area (Å²) in [6.07, 6.45) is 0.